The van der Waals surface area contributed by atoms with Gasteiger partial charge in [-0.1, -0.05) is 5.16 Å². The molecule has 0 saturated heterocycles. The Morgan fingerprint density at radius 1 is 1.91 bits per heavy atom. The largest absolute Gasteiger partial charge is 0.376 e. The molecule has 11 heavy (non-hydrogen) atoms. The van der Waals surface area contributed by atoms with Crippen molar-refractivity contribution in [3.8, 4) is 0 Å². The number of nitrogens with zero attached hydrogens (tertiary/aromatic N) is 1. The molecule has 1 aromatic heterocycles. The van der Waals surface area contributed by atoms with Crippen molar-refractivity contribution in [2.24, 2.45) is 5.73 Å². The second-order valence-corrected chi connectivity index (χ2v) is 2.59. The number of rotatable bonds is 2. The van der Waals surface area contributed by atoms with Gasteiger partial charge in [0.25, 0.3) is 0 Å². The van der Waals surface area contributed by atoms with E-state index in [0.717, 1.165) is 11.5 Å². The zero-order valence-electron chi connectivity index (χ0n) is 6.13. The van der Waals surface area contributed by atoms with Gasteiger partial charge < -0.3 is 15.6 Å². The molecular formula is C6H9N3OS. The standard InChI is InChI=1S/C6H9N3OS/c1-4-2-5(9-10-4)3-8-6(7)11/h2H,3H2,1H3,(H3,7,8,11). The summed E-state index contributed by atoms with van der Waals surface area (Å²) >= 11 is 4.61. The summed E-state index contributed by atoms with van der Waals surface area (Å²) in [5.74, 6) is 0.782. The van der Waals surface area contributed by atoms with Gasteiger partial charge in [0.1, 0.15) is 11.5 Å². The second kappa shape index (κ2) is 3.34. The molecule has 3 N–H and O–H groups in total. The highest BCUT2D eigenvalue weighted by atomic mass is 32.1. The molecular weight excluding hydrogens is 162 g/mol. The summed E-state index contributed by atoms with van der Waals surface area (Å²) in [7, 11) is 0. The molecule has 0 aliphatic rings. The van der Waals surface area contributed by atoms with E-state index in [1.54, 1.807) is 0 Å². The number of nitrogens with one attached hydrogen (secondary N) is 1. The predicted octanol–water partition coefficient (Wildman–Crippen LogP) is 0.316. The number of hydrogen-bond acceptors (Lipinski definition) is 3. The van der Waals surface area contributed by atoms with Crippen LogP contribution < -0.4 is 11.1 Å². The molecule has 60 valence electrons. The lowest BCUT2D eigenvalue weighted by Crippen LogP contribution is -2.28. The fraction of sp³-hybridized carbons (Fsp3) is 0.333. The maximum absolute atomic E-state index is 5.21. The molecule has 0 spiro atoms. The molecule has 0 aromatic carbocycles. The molecule has 0 fully saturated rings. The fourth-order valence-electron chi connectivity index (χ4n) is 0.679. The van der Waals surface area contributed by atoms with Gasteiger partial charge in [-0.2, -0.15) is 0 Å². The van der Waals surface area contributed by atoms with E-state index in [9.17, 15) is 0 Å². The molecule has 1 aromatic rings. The minimum Gasteiger partial charge on any atom is -0.376 e. The minimum absolute atomic E-state index is 0.269. The van der Waals surface area contributed by atoms with Crippen LogP contribution in [0.3, 0.4) is 0 Å². The number of thiocarbonyl (C=S) groups is 1. The van der Waals surface area contributed by atoms with E-state index in [0.29, 0.717) is 6.54 Å². The highest BCUT2D eigenvalue weighted by Gasteiger charge is 1.98. The lowest BCUT2D eigenvalue weighted by molar-refractivity contribution is 0.390. The van der Waals surface area contributed by atoms with Crippen molar-refractivity contribution < 1.29 is 4.52 Å². The monoisotopic (exact) mass is 171 g/mol. The molecule has 4 nitrogen and oxygen atoms in total. The van der Waals surface area contributed by atoms with Gasteiger partial charge in [-0.05, 0) is 19.1 Å². The molecule has 0 radical (unpaired) electrons. The van der Waals surface area contributed by atoms with Crippen LogP contribution in [0.25, 0.3) is 0 Å². The summed E-state index contributed by atoms with van der Waals surface area (Å²) in [6.07, 6.45) is 0. The molecule has 0 aliphatic heterocycles. The zero-order chi connectivity index (χ0) is 8.27. The SMILES string of the molecule is Cc1cc(CNC(N)=S)no1. The lowest BCUT2D eigenvalue weighted by Gasteiger charge is -1.97. The van der Waals surface area contributed by atoms with Crippen molar-refractivity contribution in [3.63, 3.8) is 0 Å². The molecule has 1 rings (SSSR count). The number of hydrogen-bond donors (Lipinski definition) is 2. The molecule has 0 unspecified atom stereocenters. The van der Waals surface area contributed by atoms with Crippen LogP contribution in [0.1, 0.15) is 11.5 Å². The van der Waals surface area contributed by atoms with E-state index in [4.69, 9.17) is 10.3 Å². The fourth-order valence-corrected chi connectivity index (χ4v) is 0.751. The van der Waals surface area contributed by atoms with Gasteiger partial charge >= 0.3 is 0 Å². The van der Waals surface area contributed by atoms with Gasteiger partial charge in [0.2, 0.25) is 0 Å². The summed E-state index contributed by atoms with van der Waals surface area (Å²) < 4.78 is 4.82. The highest BCUT2D eigenvalue weighted by molar-refractivity contribution is 7.80. The first-order chi connectivity index (χ1) is 5.18. The summed E-state index contributed by atoms with van der Waals surface area (Å²) in [6, 6.07) is 1.82. The average Bonchev–Trinajstić information content (AvgIpc) is 2.31. The lowest BCUT2D eigenvalue weighted by atomic mass is 10.4. The number of aromatic nitrogens is 1. The molecule has 1 heterocycles. The zero-order valence-corrected chi connectivity index (χ0v) is 6.94. The Hall–Kier alpha value is -1.10. The van der Waals surface area contributed by atoms with Crippen LogP contribution in [0.5, 0.6) is 0 Å². The van der Waals surface area contributed by atoms with Crippen molar-refractivity contribution in [2.75, 3.05) is 0 Å². The molecule has 0 bridgehead atoms. The molecule has 0 aliphatic carbocycles. The maximum Gasteiger partial charge on any atom is 0.163 e. The van der Waals surface area contributed by atoms with Gasteiger partial charge in [-0.25, -0.2) is 0 Å². The van der Waals surface area contributed by atoms with Crippen molar-refractivity contribution in [2.45, 2.75) is 13.5 Å². The summed E-state index contributed by atoms with van der Waals surface area (Å²) in [5.41, 5.74) is 6.01. The Balaban J connectivity index is 2.45. The Bertz CT molecular complexity index is 258. The molecule has 5 heteroatoms. The van der Waals surface area contributed by atoms with E-state index >= 15 is 0 Å². The van der Waals surface area contributed by atoms with Crippen molar-refractivity contribution in [1.29, 1.82) is 0 Å². The van der Waals surface area contributed by atoms with E-state index in [1.807, 2.05) is 13.0 Å². The third-order valence-electron chi connectivity index (χ3n) is 1.12. The Morgan fingerprint density at radius 3 is 3.09 bits per heavy atom. The first kappa shape index (κ1) is 8.00. The van der Waals surface area contributed by atoms with E-state index in [1.165, 1.54) is 0 Å². The summed E-state index contributed by atoms with van der Waals surface area (Å²) in [4.78, 5) is 0. The Morgan fingerprint density at radius 2 is 2.64 bits per heavy atom. The number of aryl methyl sites for hydroxylation is 1. The summed E-state index contributed by atoms with van der Waals surface area (Å²) in [5, 5.41) is 6.77. The first-order valence-corrected chi connectivity index (χ1v) is 3.55. The summed E-state index contributed by atoms with van der Waals surface area (Å²) in [6.45, 7) is 2.35. The second-order valence-electron chi connectivity index (χ2n) is 2.15. The van der Waals surface area contributed by atoms with Gasteiger partial charge in [0, 0.05) is 6.07 Å². The molecule has 0 saturated carbocycles. The molecule has 0 atom stereocenters. The smallest absolute Gasteiger partial charge is 0.163 e. The minimum atomic E-state index is 0.269. The van der Waals surface area contributed by atoms with E-state index in [-0.39, 0.29) is 5.11 Å². The van der Waals surface area contributed by atoms with Gasteiger partial charge in [-0.3, -0.25) is 0 Å². The van der Waals surface area contributed by atoms with Crippen LogP contribution in [0.2, 0.25) is 0 Å². The first-order valence-electron chi connectivity index (χ1n) is 3.14. The van der Waals surface area contributed by atoms with Crippen LogP contribution in [0.15, 0.2) is 10.6 Å². The third kappa shape index (κ3) is 2.55. The van der Waals surface area contributed by atoms with Gasteiger partial charge in [-0.15, -0.1) is 0 Å². The normalized spacial score (nSPS) is 9.55. The van der Waals surface area contributed by atoms with E-state index in [2.05, 4.69) is 22.7 Å². The van der Waals surface area contributed by atoms with Crippen LogP contribution in [-0.4, -0.2) is 10.3 Å². The van der Waals surface area contributed by atoms with Crippen molar-refractivity contribution >= 4 is 17.3 Å². The molecule has 0 amide bonds. The third-order valence-corrected chi connectivity index (χ3v) is 1.26. The van der Waals surface area contributed by atoms with E-state index < -0.39 is 0 Å². The maximum atomic E-state index is 5.21. The highest BCUT2D eigenvalue weighted by Crippen LogP contribution is 1.99. The quantitative estimate of drug-likeness (QED) is 0.627. The van der Waals surface area contributed by atoms with Crippen molar-refractivity contribution in [3.05, 3.63) is 17.5 Å². The predicted molar refractivity (Wildman–Crippen MR) is 44.9 cm³/mol. The van der Waals surface area contributed by atoms with Crippen LogP contribution in [0.4, 0.5) is 0 Å². The van der Waals surface area contributed by atoms with Crippen molar-refractivity contribution in [1.82, 2.24) is 10.5 Å². The number of nitrogens with two attached hydrogens (primary N) is 1. The van der Waals surface area contributed by atoms with Gasteiger partial charge in [0.15, 0.2) is 5.11 Å². The Kier molecular flexibility index (Phi) is 2.43. The average molecular weight is 171 g/mol. The van der Waals surface area contributed by atoms with Crippen LogP contribution in [-0.2, 0) is 6.54 Å². The topological polar surface area (TPSA) is 64.1 Å². The Labute approximate surface area is 69.7 Å². The van der Waals surface area contributed by atoms with Crippen LogP contribution >= 0.6 is 12.2 Å². The van der Waals surface area contributed by atoms with Crippen LogP contribution in [0, 0.1) is 6.92 Å². The van der Waals surface area contributed by atoms with Gasteiger partial charge in [0.05, 0.1) is 6.54 Å².